The van der Waals surface area contributed by atoms with Crippen LogP contribution in [0, 0.1) is 0 Å². The number of fused-ring (bicyclic) bond motifs is 1. The molecule has 0 bridgehead atoms. The molecule has 0 radical (unpaired) electrons. The van der Waals surface area contributed by atoms with Crippen molar-refractivity contribution in [3.05, 3.63) is 28.4 Å². The molecule has 72 valence electrons. The Labute approximate surface area is 87.6 Å². The number of carbonyl (C=O) groups is 1. The largest absolute Gasteiger partial charge is 0.481 e. The zero-order valence-corrected chi connectivity index (χ0v) is 8.61. The first-order valence-electron chi connectivity index (χ1n) is 3.93. The van der Waals surface area contributed by atoms with Crippen LogP contribution in [0.4, 0.5) is 0 Å². The first-order valence-corrected chi connectivity index (χ1v) is 4.72. The van der Waals surface area contributed by atoms with Gasteiger partial charge < -0.3 is 9.63 Å². The monoisotopic (exact) mass is 255 g/mol. The molecule has 1 N–H and O–H groups in total. The molecule has 0 saturated carbocycles. The Kier molecular flexibility index (Phi) is 2.25. The standard InChI is InChI=1S/C9H6BrNO3/c10-5-2-1-3-7-9(5)6(11-14-7)4-8(12)13/h1-3H,4H2,(H,12,13). The van der Waals surface area contributed by atoms with Gasteiger partial charge in [0.2, 0.25) is 0 Å². The van der Waals surface area contributed by atoms with Crippen LogP contribution >= 0.6 is 15.9 Å². The topological polar surface area (TPSA) is 63.3 Å². The third kappa shape index (κ3) is 1.50. The molecule has 1 aromatic carbocycles. The zero-order valence-electron chi connectivity index (χ0n) is 7.03. The van der Waals surface area contributed by atoms with E-state index in [9.17, 15) is 4.79 Å². The first-order chi connectivity index (χ1) is 6.68. The lowest BCUT2D eigenvalue weighted by molar-refractivity contribution is -0.136. The fourth-order valence-electron chi connectivity index (χ4n) is 1.27. The number of aromatic nitrogens is 1. The number of halogens is 1. The van der Waals surface area contributed by atoms with Gasteiger partial charge in [-0.3, -0.25) is 4.79 Å². The van der Waals surface area contributed by atoms with Crippen molar-refractivity contribution in [2.75, 3.05) is 0 Å². The van der Waals surface area contributed by atoms with Crippen LogP contribution in [0.25, 0.3) is 11.0 Å². The second kappa shape index (κ2) is 3.42. The van der Waals surface area contributed by atoms with Crippen molar-refractivity contribution >= 4 is 32.9 Å². The third-order valence-corrected chi connectivity index (χ3v) is 2.50. The maximum Gasteiger partial charge on any atom is 0.309 e. The SMILES string of the molecule is O=C(O)Cc1noc2cccc(Br)c12. The molecule has 14 heavy (non-hydrogen) atoms. The maximum atomic E-state index is 10.5. The average Bonchev–Trinajstić information content (AvgIpc) is 2.49. The predicted molar refractivity (Wildman–Crippen MR) is 53.0 cm³/mol. The van der Waals surface area contributed by atoms with E-state index in [0.29, 0.717) is 11.3 Å². The van der Waals surface area contributed by atoms with E-state index in [4.69, 9.17) is 9.63 Å². The molecule has 0 aliphatic heterocycles. The first kappa shape index (κ1) is 9.21. The van der Waals surface area contributed by atoms with Gasteiger partial charge in [-0.05, 0) is 28.1 Å². The highest BCUT2D eigenvalue weighted by Crippen LogP contribution is 2.27. The van der Waals surface area contributed by atoms with Gasteiger partial charge in [0.05, 0.1) is 11.8 Å². The van der Waals surface area contributed by atoms with Gasteiger partial charge in [-0.15, -0.1) is 0 Å². The van der Waals surface area contributed by atoms with Gasteiger partial charge in [-0.25, -0.2) is 0 Å². The summed E-state index contributed by atoms with van der Waals surface area (Å²) >= 11 is 3.32. The van der Waals surface area contributed by atoms with E-state index < -0.39 is 5.97 Å². The van der Waals surface area contributed by atoms with E-state index in [0.717, 1.165) is 9.86 Å². The molecule has 4 nitrogen and oxygen atoms in total. The molecule has 1 heterocycles. The van der Waals surface area contributed by atoms with Gasteiger partial charge in [0, 0.05) is 4.47 Å². The van der Waals surface area contributed by atoms with Gasteiger partial charge in [-0.2, -0.15) is 0 Å². The number of hydrogen-bond donors (Lipinski definition) is 1. The summed E-state index contributed by atoms with van der Waals surface area (Å²) in [6.07, 6.45) is -0.129. The highest BCUT2D eigenvalue weighted by atomic mass is 79.9. The Balaban J connectivity index is 2.61. The van der Waals surface area contributed by atoms with E-state index in [-0.39, 0.29) is 6.42 Å². The summed E-state index contributed by atoms with van der Waals surface area (Å²) in [5.74, 6) is -0.920. The summed E-state index contributed by atoms with van der Waals surface area (Å²) in [5, 5.41) is 13.1. The highest BCUT2D eigenvalue weighted by Gasteiger charge is 2.13. The van der Waals surface area contributed by atoms with E-state index in [1.165, 1.54) is 0 Å². The van der Waals surface area contributed by atoms with Gasteiger partial charge >= 0.3 is 5.97 Å². The number of aliphatic carboxylic acids is 1. The number of rotatable bonds is 2. The van der Waals surface area contributed by atoms with Gasteiger partial charge in [0.1, 0.15) is 5.69 Å². The molecule has 2 rings (SSSR count). The normalized spacial score (nSPS) is 10.6. The quantitative estimate of drug-likeness (QED) is 0.894. The Morgan fingerprint density at radius 3 is 3.07 bits per heavy atom. The highest BCUT2D eigenvalue weighted by molar-refractivity contribution is 9.10. The smallest absolute Gasteiger partial charge is 0.309 e. The summed E-state index contributed by atoms with van der Waals surface area (Å²) in [6, 6.07) is 5.38. The molecule has 0 saturated heterocycles. The van der Waals surface area contributed by atoms with Crippen LogP contribution in [0.5, 0.6) is 0 Å². The van der Waals surface area contributed by atoms with Crippen LogP contribution in [0.15, 0.2) is 27.2 Å². The van der Waals surface area contributed by atoms with Crippen LogP contribution in [0.1, 0.15) is 5.69 Å². The lowest BCUT2D eigenvalue weighted by Crippen LogP contribution is -2.00. The maximum absolute atomic E-state index is 10.5. The molecule has 2 aromatic rings. The minimum Gasteiger partial charge on any atom is -0.481 e. The van der Waals surface area contributed by atoms with Crippen molar-refractivity contribution in [3.63, 3.8) is 0 Å². The van der Waals surface area contributed by atoms with Crippen LogP contribution in [0.3, 0.4) is 0 Å². The number of hydrogen-bond acceptors (Lipinski definition) is 3. The van der Waals surface area contributed by atoms with Crippen LogP contribution in [-0.2, 0) is 11.2 Å². The van der Waals surface area contributed by atoms with E-state index in [1.807, 2.05) is 12.1 Å². The molecule has 0 spiro atoms. The Bertz CT molecular complexity index is 492. The summed E-state index contributed by atoms with van der Waals surface area (Å²) < 4.78 is 5.79. The molecule has 0 amide bonds. The van der Waals surface area contributed by atoms with E-state index in [2.05, 4.69) is 21.1 Å². The summed E-state index contributed by atoms with van der Waals surface area (Å²) in [7, 11) is 0. The number of nitrogens with zero attached hydrogens (tertiary/aromatic N) is 1. The van der Waals surface area contributed by atoms with Crippen LogP contribution < -0.4 is 0 Å². The Morgan fingerprint density at radius 2 is 2.36 bits per heavy atom. The summed E-state index contributed by atoms with van der Waals surface area (Å²) in [5.41, 5.74) is 1.04. The number of benzene rings is 1. The van der Waals surface area contributed by atoms with Crippen LogP contribution in [-0.4, -0.2) is 16.2 Å². The van der Waals surface area contributed by atoms with Gasteiger partial charge in [-0.1, -0.05) is 11.2 Å². The van der Waals surface area contributed by atoms with Crippen molar-refractivity contribution in [2.24, 2.45) is 0 Å². The summed E-state index contributed by atoms with van der Waals surface area (Å²) in [6.45, 7) is 0. The molecule has 0 unspecified atom stereocenters. The third-order valence-electron chi connectivity index (χ3n) is 1.84. The second-order valence-electron chi connectivity index (χ2n) is 2.81. The van der Waals surface area contributed by atoms with Crippen molar-refractivity contribution < 1.29 is 14.4 Å². The summed E-state index contributed by atoms with van der Waals surface area (Å²) in [4.78, 5) is 10.5. The minimum absolute atomic E-state index is 0.129. The second-order valence-corrected chi connectivity index (χ2v) is 3.67. The number of carboxylic acid groups (broad SMARTS) is 1. The van der Waals surface area contributed by atoms with Gasteiger partial charge in [0.15, 0.2) is 5.58 Å². The lowest BCUT2D eigenvalue weighted by Gasteiger charge is -1.93. The average molecular weight is 256 g/mol. The molecule has 0 aliphatic carbocycles. The van der Waals surface area contributed by atoms with Crippen molar-refractivity contribution in [1.29, 1.82) is 0 Å². The molecule has 0 fully saturated rings. The zero-order chi connectivity index (χ0) is 10.1. The van der Waals surface area contributed by atoms with Crippen molar-refractivity contribution in [2.45, 2.75) is 6.42 Å². The Morgan fingerprint density at radius 1 is 1.57 bits per heavy atom. The molecule has 5 heteroatoms. The lowest BCUT2D eigenvalue weighted by atomic mass is 10.2. The van der Waals surface area contributed by atoms with E-state index in [1.54, 1.807) is 6.07 Å². The fourth-order valence-corrected chi connectivity index (χ4v) is 1.85. The van der Waals surface area contributed by atoms with Crippen molar-refractivity contribution in [3.8, 4) is 0 Å². The Hall–Kier alpha value is -1.36. The molecular formula is C9H6BrNO3. The molecule has 0 aliphatic rings. The number of carboxylic acids is 1. The van der Waals surface area contributed by atoms with Gasteiger partial charge in [0.25, 0.3) is 0 Å². The van der Waals surface area contributed by atoms with Crippen LogP contribution in [0.2, 0.25) is 0 Å². The molecular weight excluding hydrogens is 250 g/mol. The molecule has 0 atom stereocenters. The predicted octanol–water partition coefficient (Wildman–Crippen LogP) is 2.22. The van der Waals surface area contributed by atoms with Crippen molar-refractivity contribution in [1.82, 2.24) is 5.16 Å². The minimum atomic E-state index is -0.920. The fraction of sp³-hybridized carbons (Fsp3) is 0.111. The molecule has 1 aromatic heterocycles. The van der Waals surface area contributed by atoms with E-state index >= 15 is 0 Å².